The number of halogens is 1. The second kappa shape index (κ2) is 6.82. The molecule has 1 aromatic carbocycles. The number of rotatable bonds is 4. The highest BCUT2D eigenvalue weighted by Crippen LogP contribution is 2.22. The first-order valence-corrected chi connectivity index (χ1v) is 9.41. The van der Waals surface area contributed by atoms with Gasteiger partial charge < -0.3 is 4.90 Å². The zero-order valence-electron chi connectivity index (χ0n) is 13.4. The van der Waals surface area contributed by atoms with Gasteiger partial charge >= 0.3 is 0 Å². The fraction of sp³-hybridized carbons (Fsp3) is 0.375. The van der Waals surface area contributed by atoms with Crippen LogP contribution in [-0.4, -0.2) is 54.6 Å². The molecule has 128 valence electrons. The predicted octanol–water partition coefficient (Wildman–Crippen LogP) is 1.75. The normalized spacial score (nSPS) is 16.3. The van der Waals surface area contributed by atoms with Crippen LogP contribution in [0.25, 0.3) is 11.3 Å². The molecule has 0 spiro atoms. The molecule has 3 rings (SSSR count). The molecule has 1 saturated heterocycles. The maximum atomic E-state index is 13.4. The van der Waals surface area contributed by atoms with E-state index in [9.17, 15) is 12.8 Å². The minimum atomic E-state index is -3.15. The van der Waals surface area contributed by atoms with Gasteiger partial charge in [-0.2, -0.15) is 4.31 Å². The van der Waals surface area contributed by atoms with Crippen LogP contribution in [0.1, 0.15) is 6.92 Å². The Kier molecular flexibility index (Phi) is 4.77. The van der Waals surface area contributed by atoms with E-state index in [4.69, 9.17) is 0 Å². The van der Waals surface area contributed by atoms with Crippen LogP contribution >= 0.6 is 0 Å². The summed E-state index contributed by atoms with van der Waals surface area (Å²) in [5.41, 5.74) is 1.33. The maximum Gasteiger partial charge on any atom is 0.213 e. The van der Waals surface area contributed by atoms with E-state index in [0.29, 0.717) is 37.4 Å². The van der Waals surface area contributed by atoms with Gasteiger partial charge in [0.1, 0.15) is 18.0 Å². The van der Waals surface area contributed by atoms with Crippen molar-refractivity contribution in [1.82, 2.24) is 14.3 Å². The summed E-state index contributed by atoms with van der Waals surface area (Å²) in [6, 6.07) is 8.05. The van der Waals surface area contributed by atoms with Crippen LogP contribution in [0.5, 0.6) is 0 Å². The summed E-state index contributed by atoms with van der Waals surface area (Å²) in [4.78, 5) is 10.5. The Morgan fingerprint density at radius 3 is 2.54 bits per heavy atom. The minimum Gasteiger partial charge on any atom is -0.354 e. The van der Waals surface area contributed by atoms with E-state index in [1.165, 1.54) is 22.8 Å². The molecule has 0 bridgehead atoms. The van der Waals surface area contributed by atoms with Gasteiger partial charge in [-0.1, -0.05) is 12.1 Å². The number of sulfonamides is 1. The van der Waals surface area contributed by atoms with E-state index in [1.807, 2.05) is 4.90 Å². The Morgan fingerprint density at radius 1 is 1.12 bits per heavy atom. The molecule has 1 aliphatic heterocycles. The molecule has 0 aliphatic carbocycles. The zero-order chi connectivity index (χ0) is 17.2. The van der Waals surface area contributed by atoms with Crippen LogP contribution in [0, 0.1) is 5.82 Å². The molecular weight excluding hydrogens is 331 g/mol. The van der Waals surface area contributed by atoms with Gasteiger partial charge in [0.15, 0.2) is 0 Å². The van der Waals surface area contributed by atoms with Gasteiger partial charge in [0, 0.05) is 37.8 Å². The van der Waals surface area contributed by atoms with Crippen molar-refractivity contribution in [3.8, 4) is 11.3 Å². The number of hydrogen-bond donors (Lipinski definition) is 0. The molecule has 24 heavy (non-hydrogen) atoms. The first-order valence-electron chi connectivity index (χ1n) is 7.80. The first kappa shape index (κ1) is 16.8. The molecule has 0 unspecified atom stereocenters. The van der Waals surface area contributed by atoms with Crippen LogP contribution in [0.2, 0.25) is 0 Å². The van der Waals surface area contributed by atoms with Crippen molar-refractivity contribution in [3.63, 3.8) is 0 Å². The number of aromatic nitrogens is 2. The first-order chi connectivity index (χ1) is 11.5. The summed E-state index contributed by atoms with van der Waals surface area (Å²) in [6.45, 7) is 3.67. The highest BCUT2D eigenvalue weighted by molar-refractivity contribution is 7.89. The molecule has 0 saturated carbocycles. The van der Waals surface area contributed by atoms with E-state index in [-0.39, 0.29) is 11.6 Å². The Bertz CT molecular complexity index is 820. The molecular formula is C16H19FN4O2S. The summed E-state index contributed by atoms with van der Waals surface area (Å²) in [6.07, 6.45) is 1.45. The molecule has 8 heteroatoms. The van der Waals surface area contributed by atoms with Crippen LogP contribution < -0.4 is 4.90 Å². The lowest BCUT2D eigenvalue weighted by atomic mass is 10.1. The molecule has 0 atom stereocenters. The van der Waals surface area contributed by atoms with Gasteiger partial charge in [-0.05, 0) is 19.1 Å². The number of hydrogen-bond acceptors (Lipinski definition) is 5. The summed E-state index contributed by atoms with van der Waals surface area (Å²) in [5, 5.41) is 0. The van der Waals surface area contributed by atoms with Crippen molar-refractivity contribution >= 4 is 15.8 Å². The Balaban J connectivity index is 1.76. The zero-order valence-corrected chi connectivity index (χ0v) is 14.2. The summed E-state index contributed by atoms with van der Waals surface area (Å²) >= 11 is 0. The third kappa shape index (κ3) is 3.54. The Morgan fingerprint density at radius 2 is 1.88 bits per heavy atom. The van der Waals surface area contributed by atoms with Crippen LogP contribution in [0.4, 0.5) is 10.2 Å². The summed E-state index contributed by atoms with van der Waals surface area (Å²) in [7, 11) is -3.15. The second-order valence-corrected chi connectivity index (χ2v) is 7.82. The standard InChI is InChI=1S/C16H19FN4O2S/c1-2-24(22,23)21-8-6-20(7-9-21)16-11-15(18-12-19-16)13-4-3-5-14(17)10-13/h3-5,10-12H,2,6-9H2,1H3. The molecule has 2 aromatic rings. The molecule has 2 heterocycles. The average molecular weight is 350 g/mol. The monoisotopic (exact) mass is 350 g/mol. The lowest BCUT2D eigenvalue weighted by Gasteiger charge is -2.34. The number of piperazine rings is 1. The second-order valence-electron chi connectivity index (χ2n) is 5.56. The highest BCUT2D eigenvalue weighted by atomic mass is 32.2. The van der Waals surface area contributed by atoms with Crippen molar-refractivity contribution in [2.45, 2.75) is 6.92 Å². The average Bonchev–Trinajstić information content (AvgIpc) is 2.62. The third-order valence-electron chi connectivity index (χ3n) is 4.09. The van der Waals surface area contributed by atoms with E-state index < -0.39 is 10.0 Å². The van der Waals surface area contributed by atoms with Crippen molar-refractivity contribution in [2.24, 2.45) is 0 Å². The van der Waals surface area contributed by atoms with Gasteiger partial charge in [-0.25, -0.2) is 22.8 Å². The maximum absolute atomic E-state index is 13.4. The third-order valence-corrected chi connectivity index (χ3v) is 5.98. The predicted molar refractivity (Wildman–Crippen MR) is 90.7 cm³/mol. The quantitative estimate of drug-likeness (QED) is 0.840. The number of anilines is 1. The SMILES string of the molecule is CCS(=O)(=O)N1CCN(c2cc(-c3cccc(F)c3)ncn2)CC1. The fourth-order valence-corrected chi connectivity index (χ4v) is 3.79. The van der Waals surface area contributed by atoms with Crippen molar-refractivity contribution in [3.05, 3.63) is 42.5 Å². The van der Waals surface area contributed by atoms with Crippen LogP contribution in [-0.2, 0) is 10.0 Å². The van der Waals surface area contributed by atoms with E-state index in [2.05, 4.69) is 9.97 Å². The fourth-order valence-electron chi connectivity index (χ4n) is 2.70. The minimum absolute atomic E-state index is 0.115. The number of benzene rings is 1. The summed E-state index contributed by atoms with van der Waals surface area (Å²) in [5.74, 6) is 0.522. The van der Waals surface area contributed by atoms with Crippen molar-refractivity contribution < 1.29 is 12.8 Å². The van der Waals surface area contributed by atoms with E-state index >= 15 is 0 Å². The topological polar surface area (TPSA) is 66.4 Å². The smallest absolute Gasteiger partial charge is 0.213 e. The lowest BCUT2D eigenvalue weighted by molar-refractivity contribution is 0.384. The molecule has 0 amide bonds. The van der Waals surface area contributed by atoms with Crippen molar-refractivity contribution in [1.29, 1.82) is 0 Å². The van der Waals surface area contributed by atoms with Crippen LogP contribution in [0.3, 0.4) is 0 Å². The van der Waals surface area contributed by atoms with Crippen molar-refractivity contribution in [2.75, 3.05) is 36.8 Å². The molecule has 1 aliphatic rings. The van der Waals surface area contributed by atoms with E-state index in [1.54, 1.807) is 25.1 Å². The summed E-state index contributed by atoms with van der Waals surface area (Å²) < 4.78 is 38.7. The molecule has 1 fully saturated rings. The number of nitrogens with zero attached hydrogens (tertiary/aromatic N) is 4. The Labute approximate surface area is 141 Å². The molecule has 1 aromatic heterocycles. The van der Waals surface area contributed by atoms with Gasteiger partial charge in [-0.3, -0.25) is 0 Å². The van der Waals surface area contributed by atoms with Gasteiger partial charge in [-0.15, -0.1) is 0 Å². The molecule has 0 radical (unpaired) electrons. The largest absolute Gasteiger partial charge is 0.354 e. The highest BCUT2D eigenvalue weighted by Gasteiger charge is 2.26. The Hall–Kier alpha value is -2.06. The van der Waals surface area contributed by atoms with Crippen LogP contribution in [0.15, 0.2) is 36.7 Å². The molecule has 0 N–H and O–H groups in total. The lowest BCUT2D eigenvalue weighted by Crippen LogP contribution is -2.49. The van der Waals surface area contributed by atoms with Gasteiger partial charge in [0.2, 0.25) is 10.0 Å². The van der Waals surface area contributed by atoms with Gasteiger partial charge in [0.05, 0.1) is 11.4 Å². The molecule has 6 nitrogen and oxygen atoms in total. The van der Waals surface area contributed by atoms with Gasteiger partial charge in [0.25, 0.3) is 0 Å². The van der Waals surface area contributed by atoms with E-state index in [0.717, 1.165) is 5.82 Å².